The van der Waals surface area contributed by atoms with Crippen molar-refractivity contribution in [3.05, 3.63) is 109 Å². The third kappa shape index (κ3) is 6.19. The van der Waals surface area contributed by atoms with Crippen molar-refractivity contribution in [1.29, 1.82) is 0 Å². The number of rotatable bonds is 4. The zero-order valence-electron chi connectivity index (χ0n) is 15.8. The van der Waals surface area contributed by atoms with Crippen molar-refractivity contribution < 1.29 is 4.79 Å². The van der Waals surface area contributed by atoms with Crippen molar-refractivity contribution in [2.75, 3.05) is 11.9 Å². The van der Waals surface area contributed by atoms with Gasteiger partial charge in [0.05, 0.1) is 23.8 Å². The molecule has 4 aromatic rings. The second kappa shape index (κ2) is 11.3. The van der Waals surface area contributed by atoms with Crippen molar-refractivity contribution >= 4 is 29.6 Å². The van der Waals surface area contributed by atoms with E-state index in [4.69, 9.17) is 0 Å². The first-order valence-electron chi connectivity index (χ1n) is 8.64. The zero-order chi connectivity index (χ0) is 19.6. The summed E-state index contributed by atoms with van der Waals surface area (Å²) in [6.07, 6.45) is 13.6. The molecule has 6 nitrogen and oxygen atoms in total. The second-order valence-corrected chi connectivity index (χ2v) is 5.79. The van der Waals surface area contributed by atoms with Gasteiger partial charge in [-0.2, -0.15) is 0 Å². The molecule has 0 unspecified atom stereocenters. The number of hydrogen-bond donors (Lipinski definition) is 0. The number of nitrogens with zero attached hydrogens (tertiary/aromatic N) is 5. The molecule has 0 spiro atoms. The Balaban J connectivity index is 0.000000200. The number of anilines is 2. The van der Waals surface area contributed by atoms with Crippen LogP contribution in [0, 0.1) is 0 Å². The Hall–Kier alpha value is -3.64. The standard InChI is InChI=1S/C11H11N3.C11H8N2O.ClH/c1-14(10-4-2-6-12-8-10)11-5-3-7-13-9-11;14-11(9-3-1-5-12-7-9)10-4-2-6-13-8-10;/h2-9H,1H3;1-8H;1H. The Bertz CT molecular complexity index is 906. The number of carbonyl (C=O) groups is 1. The quantitative estimate of drug-likeness (QED) is 0.469. The highest BCUT2D eigenvalue weighted by molar-refractivity contribution is 6.08. The first-order valence-corrected chi connectivity index (χ1v) is 8.64. The Kier molecular flexibility index (Phi) is 8.41. The molecule has 4 heterocycles. The number of pyridine rings is 4. The van der Waals surface area contributed by atoms with Crippen LogP contribution in [0.5, 0.6) is 0 Å². The van der Waals surface area contributed by atoms with E-state index >= 15 is 0 Å². The van der Waals surface area contributed by atoms with Crippen LogP contribution in [0.4, 0.5) is 11.4 Å². The molecular formula is C22H20ClN5O. The number of halogens is 1. The summed E-state index contributed by atoms with van der Waals surface area (Å²) in [5, 5.41) is 0. The molecule has 29 heavy (non-hydrogen) atoms. The molecule has 0 bridgehead atoms. The van der Waals surface area contributed by atoms with Crippen molar-refractivity contribution in [2.24, 2.45) is 0 Å². The summed E-state index contributed by atoms with van der Waals surface area (Å²) in [4.78, 5) is 29.7. The van der Waals surface area contributed by atoms with E-state index in [1.807, 2.05) is 48.6 Å². The van der Waals surface area contributed by atoms with Gasteiger partial charge in [-0.3, -0.25) is 24.7 Å². The lowest BCUT2D eigenvalue weighted by atomic mass is 10.1. The van der Waals surface area contributed by atoms with E-state index in [1.165, 1.54) is 0 Å². The lowest BCUT2D eigenvalue weighted by Gasteiger charge is -2.17. The normalized spacial score (nSPS) is 9.41. The molecule has 0 aliphatic rings. The Labute approximate surface area is 175 Å². The van der Waals surface area contributed by atoms with Gasteiger partial charge in [0, 0.05) is 55.4 Å². The van der Waals surface area contributed by atoms with E-state index in [0.717, 1.165) is 11.4 Å². The van der Waals surface area contributed by atoms with E-state index < -0.39 is 0 Å². The third-order valence-electron chi connectivity index (χ3n) is 3.91. The average Bonchev–Trinajstić information content (AvgIpc) is 2.81. The first-order chi connectivity index (χ1) is 13.8. The first kappa shape index (κ1) is 21.7. The number of ketones is 1. The Morgan fingerprint density at radius 1 is 0.655 bits per heavy atom. The van der Waals surface area contributed by atoms with Gasteiger partial charge in [0.2, 0.25) is 0 Å². The molecule has 0 N–H and O–H groups in total. The summed E-state index contributed by atoms with van der Waals surface area (Å²) >= 11 is 0. The summed E-state index contributed by atoms with van der Waals surface area (Å²) in [7, 11) is 1.99. The highest BCUT2D eigenvalue weighted by atomic mass is 35.5. The molecule has 0 aromatic carbocycles. The lowest BCUT2D eigenvalue weighted by Crippen LogP contribution is -2.09. The Morgan fingerprint density at radius 3 is 1.34 bits per heavy atom. The monoisotopic (exact) mass is 405 g/mol. The molecule has 0 fully saturated rings. The fourth-order valence-electron chi connectivity index (χ4n) is 2.41. The molecule has 146 valence electrons. The van der Waals surface area contributed by atoms with Gasteiger partial charge in [0.15, 0.2) is 5.78 Å². The summed E-state index contributed by atoms with van der Waals surface area (Å²) in [5.41, 5.74) is 3.28. The maximum atomic E-state index is 11.8. The highest BCUT2D eigenvalue weighted by Crippen LogP contribution is 2.20. The van der Waals surface area contributed by atoms with Crippen LogP contribution < -0.4 is 4.90 Å². The zero-order valence-corrected chi connectivity index (χ0v) is 16.6. The van der Waals surface area contributed by atoms with Crippen molar-refractivity contribution in [3.8, 4) is 0 Å². The molecule has 0 radical (unpaired) electrons. The molecule has 4 rings (SSSR count). The van der Waals surface area contributed by atoms with Gasteiger partial charge < -0.3 is 4.90 Å². The maximum absolute atomic E-state index is 11.8. The van der Waals surface area contributed by atoms with Gasteiger partial charge >= 0.3 is 0 Å². The molecule has 0 saturated heterocycles. The predicted octanol–water partition coefficient (Wildman–Crippen LogP) is 4.37. The highest BCUT2D eigenvalue weighted by Gasteiger charge is 2.07. The molecule has 7 heteroatoms. The van der Waals surface area contributed by atoms with E-state index in [9.17, 15) is 4.79 Å². The van der Waals surface area contributed by atoms with Crippen LogP contribution in [0.25, 0.3) is 0 Å². The van der Waals surface area contributed by atoms with E-state index in [1.54, 1.807) is 61.4 Å². The summed E-state index contributed by atoms with van der Waals surface area (Å²) < 4.78 is 0. The molecule has 0 amide bonds. The smallest absolute Gasteiger partial charge is 0.196 e. The summed E-state index contributed by atoms with van der Waals surface area (Å²) in [6, 6.07) is 14.8. The minimum Gasteiger partial charge on any atom is -0.342 e. The molecule has 0 atom stereocenters. The third-order valence-corrected chi connectivity index (χ3v) is 3.91. The maximum Gasteiger partial charge on any atom is 0.196 e. The van der Waals surface area contributed by atoms with Gasteiger partial charge in [0.25, 0.3) is 0 Å². The molecule has 0 aliphatic heterocycles. The topological polar surface area (TPSA) is 71.9 Å². The minimum absolute atomic E-state index is 0. The lowest BCUT2D eigenvalue weighted by molar-refractivity contribution is 0.103. The minimum atomic E-state index is -0.0498. The van der Waals surface area contributed by atoms with Crippen LogP contribution in [0.15, 0.2) is 98.1 Å². The van der Waals surface area contributed by atoms with Gasteiger partial charge in [-0.25, -0.2) is 0 Å². The number of hydrogen-bond acceptors (Lipinski definition) is 6. The molecular weight excluding hydrogens is 386 g/mol. The summed E-state index contributed by atoms with van der Waals surface area (Å²) in [5.74, 6) is -0.0498. The van der Waals surface area contributed by atoms with Crippen LogP contribution in [-0.4, -0.2) is 32.8 Å². The van der Waals surface area contributed by atoms with E-state index in [-0.39, 0.29) is 18.2 Å². The van der Waals surface area contributed by atoms with Crippen LogP contribution in [0.1, 0.15) is 15.9 Å². The van der Waals surface area contributed by atoms with Crippen LogP contribution >= 0.6 is 12.4 Å². The predicted molar refractivity (Wildman–Crippen MR) is 116 cm³/mol. The van der Waals surface area contributed by atoms with Crippen molar-refractivity contribution in [2.45, 2.75) is 0 Å². The SMILES string of the molecule is CN(c1cccnc1)c1cccnc1.Cl.O=C(c1cccnc1)c1cccnc1. The van der Waals surface area contributed by atoms with Crippen LogP contribution in [0.2, 0.25) is 0 Å². The van der Waals surface area contributed by atoms with Gasteiger partial charge in [-0.1, -0.05) is 0 Å². The largest absolute Gasteiger partial charge is 0.342 e. The van der Waals surface area contributed by atoms with Crippen molar-refractivity contribution in [1.82, 2.24) is 19.9 Å². The van der Waals surface area contributed by atoms with Gasteiger partial charge in [-0.15, -0.1) is 12.4 Å². The average molecular weight is 406 g/mol. The summed E-state index contributed by atoms with van der Waals surface area (Å²) in [6.45, 7) is 0. The molecule has 0 aliphatic carbocycles. The van der Waals surface area contributed by atoms with E-state index in [2.05, 4.69) is 19.9 Å². The second-order valence-electron chi connectivity index (χ2n) is 5.79. The van der Waals surface area contributed by atoms with Gasteiger partial charge in [0.1, 0.15) is 0 Å². The van der Waals surface area contributed by atoms with Gasteiger partial charge in [-0.05, 0) is 48.5 Å². The molecule has 0 saturated carbocycles. The van der Waals surface area contributed by atoms with E-state index in [0.29, 0.717) is 11.1 Å². The fraction of sp³-hybridized carbons (Fsp3) is 0.0455. The van der Waals surface area contributed by atoms with Crippen molar-refractivity contribution in [3.63, 3.8) is 0 Å². The number of carbonyl (C=O) groups excluding carboxylic acids is 1. The van der Waals surface area contributed by atoms with Crippen LogP contribution in [0.3, 0.4) is 0 Å². The van der Waals surface area contributed by atoms with Crippen LogP contribution in [-0.2, 0) is 0 Å². The molecule has 4 aromatic heterocycles. The fourth-order valence-corrected chi connectivity index (χ4v) is 2.41. The Morgan fingerprint density at radius 2 is 1.03 bits per heavy atom. The number of aromatic nitrogens is 4.